The molecule has 0 saturated carbocycles. The zero-order valence-electron chi connectivity index (χ0n) is 14.7. The maximum absolute atomic E-state index is 12.8. The highest BCUT2D eigenvalue weighted by Gasteiger charge is 2.34. The van der Waals surface area contributed by atoms with E-state index in [0.29, 0.717) is 27.8 Å². The molecule has 3 aromatic rings. The van der Waals surface area contributed by atoms with E-state index in [-0.39, 0.29) is 18.9 Å². The number of halogens is 4. The van der Waals surface area contributed by atoms with Crippen molar-refractivity contribution in [3.8, 4) is 5.69 Å². The SMILES string of the molecule is Cc1cc(C(F)(F)F)nn1-c1ccc(CC(=O)NCc2ncc(Cl)cn2)cc1. The third kappa shape index (κ3) is 4.86. The van der Waals surface area contributed by atoms with Crippen LogP contribution >= 0.6 is 11.6 Å². The van der Waals surface area contributed by atoms with Crippen molar-refractivity contribution in [3.63, 3.8) is 0 Å². The Hall–Kier alpha value is -2.94. The molecule has 1 N–H and O–H groups in total. The van der Waals surface area contributed by atoms with Gasteiger partial charge in [0.05, 0.1) is 23.7 Å². The second kappa shape index (κ2) is 7.97. The summed E-state index contributed by atoms with van der Waals surface area (Å²) in [5.74, 6) is 0.198. The molecule has 0 aliphatic rings. The van der Waals surface area contributed by atoms with Crippen LogP contribution < -0.4 is 5.32 Å². The summed E-state index contributed by atoms with van der Waals surface area (Å²) in [7, 11) is 0. The second-order valence-electron chi connectivity index (χ2n) is 6.02. The van der Waals surface area contributed by atoms with Crippen LogP contribution in [0, 0.1) is 6.92 Å². The van der Waals surface area contributed by atoms with Gasteiger partial charge in [0.25, 0.3) is 0 Å². The fourth-order valence-electron chi connectivity index (χ4n) is 2.49. The Kier molecular flexibility index (Phi) is 5.64. The number of nitrogens with one attached hydrogen (secondary N) is 1. The Bertz CT molecular complexity index is 968. The molecule has 0 saturated heterocycles. The lowest BCUT2D eigenvalue weighted by Crippen LogP contribution is -2.25. The van der Waals surface area contributed by atoms with E-state index >= 15 is 0 Å². The molecule has 6 nitrogen and oxygen atoms in total. The van der Waals surface area contributed by atoms with Gasteiger partial charge >= 0.3 is 6.18 Å². The third-order valence-corrected chi connectivity index (χ3v) is 4.04. The molecule has 2 aromatic heterocycles. The number of alkyl halides is 3. The van der Waals surface area contributed by atoms with Crippen LogP contribution in [0.1, 0.15) is 22.8 Å². The first-order valence-electron chi connectivity index (χ1n) is 8.18. The minimum atomic E-state index is -4.50. The van der Waals surface area contributed by atoms with Crippen molar-refractivity contribution in [2.75, 3.05) is 0 Å². The first kappa shape index (κ1) is 19.8. The van der Waals surface area contributed by atoms with E-state index in [2.05, 4.69) is 20.4 Å². The van der Waals surface area contributed by atoms with Crippen LogP contribution in [0.15, 0.2) is 42.7 Å². The zero-order valence-corrected chi connectivity index (χ0v) is 15.4. The molecule has 2 heterocycles. The number of benzene rings is 1. The van der Waals surface area contributed by atoms with E-state index in [0.717, 1.165) is 6.07 Å². The highest BCUT2D eigenvalue weighted by atomic mass is 35.5. The van der Waals surface area contributed by atoms with Crippen molar-refractivity contribution in [1.82, 2.24) is 25.1 Å². The van der Waals surface area contributed by atoms with E-state index < -0.39 is 11.9 Å². The summed E-state index contributed by atoms with van der Waals surface area (Å²) in [5.41, 5.74) is 0.601. The number of hydrogen-bond donors (Lipinski definition) is 1. The number of carbonyl (C=O) groups is 1. The number of hydrogen-bond acceptors (Lipinski definition) is 4. The van der Waals surface area contributed by atoms with Crippen molar-refractivity contribution < 1.29 is 18.0 Å². The van der Waals surface area contributed by atoms with Crippen LogP contribution in [-0.2, 0) is 23.9 Å². The first-order valence-corrected chi connectivity index (χ1v) is 8.56. The summed E-state index contributed by atoms with van der Waals surface area (Å²) in [4.78, 5) is 20.0. The fourth-order valence-corrected chi connectivity index (χ4v) is 2.58. The molecule has 0 spiro atoms. The number of nitrogens with zero attached hydrogens (tertiary/aromatic N) is 4. The highest BCUT2D eigenvalue weighted by Crippen LogP contribution is 2.29. The molecule has 1 aromatic carbocycles. The largest absolute Gasteiger partial charge is 0.435 e. The molecule has 0 unspecified atom stereocenters. The summed E-state index contributed by atoms with van der Waals surface area (Å²) >= 11 is 5.70. The van der Waals surface area contributed by atoms with Crippen LogP contribution in [0.25, 0.3) is 5.69 Å². The van der Waals surface area contributed by atoms with Crippen molar-refractivity contribution in [3.05, 3.63) is 70.5 Å². The Morgan fingerprint density at radius 1 is 1.18 bits per heavy atom. The molecule has 3 rings (SSSR count). The summed E-state index contributed by atoms with van der Waals surface area (Å²) in [6, 6.07) is 7.56. The van der Waals surface area contributed by atoms with Gasteiger partial charge in [-0.15, -0.1) is 0 Å². The number of aryl methyl sites for hydroxylation is 1. The molecule has 146 valence electrons. The molecule has 0 aliphatic heterocycles. The number of aromatic nitrogens is 4. The van der Waals surface area contributed by atoms with Crippen LogP contribution in [0.4, 0.5) is 13.2 Å². The summed E-state index contributed by atoms with van der Waals surface area (Å²) in [6.45, 7) is 1.71. The van der Waals surface area contributed by atoms with Crippen molar-refractivity contribution in [2.24, 2.45) is 0 Å². The van der Waals surface area contributed by atoms with Crippen molar-refractivity contribution in [1.29, 1.82) is 0 Å². The Labute approximate surface area is 163 Å². The normalized spacial score (nSPS) is 11.5. The van der Waals surface area contributed by atoms with Gasteiger partial charge in [-0.3, -0.25) is 4.79 Å². The summed E-state index contributed by atoms with van der Waals surface area (Å²) in [5, 5.41) is 6.70. The monoisotopic (exact) mass is 409 g/mol. The lowest BCUT2D eigenvalue weighted by atomic mass is 10.1. The van der Waals surface area contributed by atoms with Crippen LogP contribution in [0.3, 0.4) is 0 Å². The minimum absolute atomic E-state index is 0.111. The van der Waals surface area contributed by atoms with Gasteiger partial charge in [-0.05, 0) is 30.7 Å². The maximum Gasteiger partial charge on any atom is 0.435 e. The van der Waals surface area contributed by atoms with Crippen molar-refractivity contribution >= 4 is 17.5 Å². The van der Waals surface area contributed by atoms with Gasteiger partial charge < -0.3 is 5.32 Å². The number of amides is 1. The predicted molar refractivity (Wildman–Crippen MR) is 95.9 cm³/mol. The van der Waals surface area contributed by atoms with Gasteiger partial charge in [-0.2, -0.15) is 18.3 Å². The lowest BCUT2D eigenvalue weighted by Gasteiger charge is -2.07. The summed E-state index contributed by atoms with van der Waals surface area (Å²) < 4.78 is 39.6. The van der Waals surface area contributed by atoms with Crippen LogP contribution in [0.5, 0.6) is 0 Å². The average Bonchev–Trinajstić information content (AvgIpc) is 3.04. The number of carbonyl (C=O) groups excluding carboxylic acids is 1. The van der Waals surface area contributed by atoms with Crippen LogP contribution in [-0.4, -0.2) is 25.7 Å². The molecular weight excluding hydrogens is 395 g/mol. The Morgan fingerprint density at radius 3 is 2.39 bits per heavy atom. The smallest absolute Gasteiger partial charge is 0.349 e. The molecule has 1 amide bonds. The molecule has 10 heteroatoms. The zero-order chi connectivity index (χ0) is 20.3. The predicted octanol–water partition coefficient (Wildman–Crippen LogP) is 3.50. The summed E-state index contributed by atoms with van der Waals surface area (Å²) in [6.07, 6.45) is -1.51. The van der Waals surface area contributed by atoms with E-state index in [4.69, 9.17) is 11.6 Å². The van der Waals surface area contributed by atoms with Crippen molar-refractivity contribution in [2.45, 2.75) is 26.1 Å². The standard InChI is InChI=1S/C18H15ClF3N5O/c1-11-6-15(18(20,21)22)26-27(11)14-4-2-12(3-5-14)7-17(28)25-10-16-23-8-13(19)9-24-16/h2-6,8-9H,7,10H2,1H3,(H,25,28). The quantitative estimate of drug-likeness (QED) is 0.700. The highest BCUT2D eigenvalue weighted by molar-refractivity contribution is 6.30. The topological polar surface area (TPSA) is 72.7 Å². The molecule has 0 bridgehead atoms. The van der Waals surface area contributed by atoms with Gasteiger partial charge in [0.2, 0.25) is 5.91 Å². The van der Waals surface area contributed by atoms with Gasteiger partial charge in [0.1, 0.15) is 5.82 Å². The minimum Gasteiger partial charge on any atom is -0.349 e. The Balaban J connectivity index is 1.62. The number of rotatable bonds is 5. The third-order valence-electron chi connectivity index (χ3n) is 3.84. The molecule has 0 radical (unpaired) electrons. The Morgan fingerprint density at radius 2 is 1.82 bits per heavy atom. The average molecular weight is 410 g/mol. The first-order chi connectivity index (χ1) is 13.2. The van der Waals surface area contributed by atoms with Gasteiger partial charge in [-0.1, -0.05) is 23.7 Å². The molecule has 28 heavy (non-hydrogen) atoms. The van der Waals surface area contributed by atoms with E-state index in [1.165, 1.54) is 17.1 Å². The molecule has 0 aliphatic carbocycles. The van der Waals surface area contributed by atoms with E-state index in [1.54, 1.807) is 31.2 Å². The van der Waals surface area contributed by atoms with Gasteiger partial charge in [0, 0.05) is 18.1 Å². The second-order valence-corrected chi connectivity index (χ2v) is 6.45. The molecule has 0 atom stereocenters. The van der Waals surface area contributed by atoms with Gasteiger partial charge in [0.15, 0.2) is 5.69 Å². The molecular formula is C18H15ClF3N5O. The maximum atomic E-state index is 12.8. The van der Waals surface area contributed by atoms with Gasteiger partial charge in [-0.25, -0.2) is 14.6 Å². The molecule has 0 fully saturated rings. The van der Waals surface area contributed by atoms with E-state index in [9.17, 15) is 18.0 Å². The van der Waals surface area contributed by atoms with Crippen LogP contribution in [0.2, 0.25) is 5.02 Å². The fraction of sp³-hybridized carbons (Fsp3) is 0.222. The van der Waals surface area contributed by atoms with E-state index in [1.807, 2.05) is 0 Å². The lowest BCUT2D eigenvalue weighted by molar-refractivity contribution is -0.141.